The Kier molecular flexibility index (Phi) is 5.14. The fraction of sp³-hybridized carbons (Fsp3) is 0.438. The summed E-state index contributed by atoms with van der Waals surface area (Å²) >= 11 is 0. The lowest BCUT2D eigenvalue weighted by atomic mass is 10.0. The van der Waals surface area contributed by atoms with Crippen molar-refractivity contribution in [1.82, 2.24) is 0 Å². The molecule has 6 nitrogen and oxygen atoms in total. The van der Waals surface area contributed by atoms with Crippen LogP contribution in [0.1, 0.15) is 31.4 Å². The van der Waals surface area contributed by atoms with Gasteiger partial charge in [0.2, 0.25) is 0 Å². The van der Waals surface area contributed by atoms with Crippen molar-refractivity contribution in [2.45, 2.75) is 39.7 Å². The van der Waals surface area contributed by atoms with E-state index in [1.807, 2.05) is 19.1 Å². The van der Waals surface area contributed by atoms with Crippen LogP contribution in [-0.4, -0.2) is 30.4 Å². The first-order valence-electron chi connectivity index (χ1n) is 7.07. The van der Waals surface area contributed by atoms with Gasteiger partial charge in [0.05, 0.1) is 5.71 Å². The second kappa shape index (κ2) is 7.06. The summed E-state index contributed by atoms with van der Waals surface area (Å²) in [5.74, 6) is -0.167. The lowest BCUT2D eigenvalue weighted by molar-refractivity contribution is -0.144. The Morgan fingerprint density at radius 2 is 2.09 bits per heavy atom. The third kappa shape index (κ3) is 4.58. The minimum atomic E-state index is -0.359. The molecule has 1 unspecified atom stereocenters. The topological polar surface area (TPSA) is 74.2 Å². The molecule has 0 N–H and O–H groups in total. The van der Waals surface area contributed by atoms with E-state index >= 15 is 0 Å². The standard InChI is InChI=1S/C16H19NO5/c1-10-4-5-16(21-12(3)19)13(6-10)7-14-8-15(22-17-14)9-20-11(2)18/h4-6,15H,7-9H2,1-3H3. The zero-order valence-corrected chi connectivity index (χ0v) is 12.9. The highest BCUT2D eigenvalue weighted by molar-refractivity contribution is 5.88. The lowest BCUT2D eigenvalue weighted by Gasteiger charge is -2.10. The number of rotatable bonds is 5. The molecule has 0 bridgehead atoms. The third-order valence-corrected chi connectivity index (χ3v) is 3.13. The zero-order chi connectivity index (χ0) is 16.1. The fourth-order valence-electron chi connectivity index (χ4n) is 2.21. The average Bonchev–Trinajstić information content (AvgIpc) is 2.87. The van der Waals surface area contributed by atoms with Crippen LogP contribution in [0.25, 0.3) is 0 Å². The van der Waals surface area contributed by atoms with Crippen LogP contribution < -0.4 is 4.74 Å². The van der Waals surface area contributed by atoms with Crippen LogP contribution in [0, 0.1) is 6.92 Å². The van der Waals surface area contributed by atoms with E-state index in [-0.39, 0.29) is 24.6 Å². The van der Waals surface area contributed by atoms with E-state index < -0.39 is 0 Å². The molecule has 22 heavy (non-hydrogen) atoms. The summed E-state index contributed by atoms with van der Waals surface area (Å²) < 4.78 is 10.1. The predicted molar refractivity (Wildman–Crippen MR) is 79.8 cm³/mol. The quantitative estimate of drug-likeness (QED) is 0.615. The fourth-order valence-corrected chi connectivity index (χ4v) is 2.21. The van der Waals surface area contributed by atoms with E-state index in [0.717, 1.165) is 16.8 Å². The average molecular weight is 305 g/mol. The van der Waals surface area contributed by atoms with E-state index in [1.165, 1.54) is 13.8 Å². The van der Waals surface area contributed by atoms with Crippen LogP contribution in [0.15, 0.2) is 23.4 Å². The molecule has 0 amide bonds. The summed E-state index contributed by atoms with van der Waals surface area (Å²) in [7, 11) is 0. The molecular weight excluding hydrogens is 286 g/mol. The Hall–Kier alpha value is -2.37. The molecule has 0 saturated heterocycles. The van der Waals surface area contributed by atoms with Crippen LogP contribution in [0.4, 0.5) is 0 Å². The highest BCUT2D eigenvalue weighted by Gasteiger charge is 2.23. The van der Waals surface area contributed by atoms with Crippen molar-refractivity contribution in [3.8, 4) is 5.75 Å². The van der Waals surface area contributed by atoms with Gasteiger partial charge in [0, 0.05) is 32.3 Å². The molecule has 1 aliphatic rings. The Morgan fingerprint density at radius 1 is 1.32 bits per heavy atom. The van der Waals surface area contributed by atoms with Gasteiger partial charge in [-0.15, -0.1) is 0 Å². The molecule has 0 aliphatic carbocycles. The molecule has 0 fully saturated rings. The van der Waals surface area contributed by atoms with Crippen molar-refractivity contribution in [3.63, 3.8) is 0 Å². The van der Waals surface area contributed by atoms with E-state index in [4.69, 9.17) is 14.3 Å². The summed E-state index contributed by atoms with van der Waals surface area (Å²) in [6.07, 6.45) is 0.864. The maximum atomic E-state index is 11.2. The van der Waals surface area contributed by atoms with Gasteiger partial charge in [-0.2, -0.15) is 0 Å². The van der Waals surface area contributed by atoms with Crippen molar-refractivity contribution >= 4 is 17.7 Å². The molecule has 1 atom stereocenters. The van der Waals surface area contributed by atoms with Gasteiger partial charge in [0.15, 0.2) is 6.10 Å². The minimum absolute atomic E-state index is 0.187. The number of carbonyl (C=O) groups excluding carboxylic acids is 2. The number of esters is 2. The molecule has 0 radical (unpaired) electrons. The molecule has 1 aromatic rings. The number of carbonyl (C=O) groups is 2. The first kappa shape index (κ1) is 16.0. The van der Waals surface area contributed by atoms with Gasteiger partial charge in [0.1, 0.15) is 12.4 Å². The largest absolute Gasteiger partial charge is 0.462 e. The Bertz CT molecular complexity index is 609. The second-order valence-corrected chi connectivity index (χ2v) is 5.27. The first-order chi connectivity index (χ1) is 10.4. The van der Waals surface area contributed by atoms with Crippen molar-refractivity contribution in [1.29, 1.82) is 0 Å². The van der Waals surface area contributed by atoms with Crippen LogP contribution in [0.2, 0.25) is 0 Å². The van der Waals surface area contributed by atoms with Crippen molar-refractivity contribution < 1.29 is 23.9 Å². The predicted octanol–water partition coefficient (Wildman–Crippen LogP) is 2.17. The number of aryl methyl sites for hydroxylation is 1. The summed E-state index contributed by atoms with van der Waals surface area (Å²) in [6.45, 7) is 4.88. The van der Waals surface area contributed by atoms with Gasteiger partial charge >= 0.3 is 11.9 Å². The molecule has 1 aromatic carbocycles. The number of hydrogen-bond acceptors (Lipinski definition) is 6. The zero-order valence-electron chi connectivity index (χ0n) is 12.9. The monoisotopic (exact) mass is 305 g/mol. The molecule has 0 aromatic heterocycles. The molecular formula is C16H19NO5. The van der Waals surface area contributed by atoms with Gasteiger partial charge in [-0.25, -0.2) is 0 Å². The van der Waals surface area contributed by atoms with Crippen molar-refractivity contribution in [3.05, 3.63) is 29.3 Å². The molecule has 0 saturated carbocycles. The molecule has 6 heteroatoms. The Balaban J connectivity index is 2.00. The number of oxime groups is 1. The number of nitrogens with zero attached hydrogens (tertiary/aromatic N) is 1. The molecule has 1 aliphatic heterocycles. The van der Waals surface area contributed by atoms with Gasteiger partial charge in [-0.05, 0) is 13.0 Å². The van der Waals surface area contributed by atoms with E-state index in [9.17, 15) is 9.59 Å². The van der Waals surface area contributed by atoms with Gasteiger partial charge in [-0.3, -0.25) is 9.59 Å². The van der Waals surface area contributed by atoms with Crippen LogP contribution in [-0.2, 0) is 25.6 Å². The van der Waals surface area contributed by atoms with E-state index in [0.29, 0.717) is 18.6 Å². The van der Waals surface area contributed by atoms with Crippen LogP contribution in [0.5, 0.6) is 5.75 Å². The highest BCUT2D eigenvalue weighted by Crippen LogP contribution is 2.24. The normalized spacial score (nSPS) is 16.7. The third-order valence-electron chi connectivity index (χ3n) is 3.13. The van der Waals surface area contributed by atoms with E-state index in [2.05, 4.69) is 5.16 Å². The number of ether oxygens (including phenoxy) is 2. The summed E-state index contributed by atoms with van der Waals surface area (Å²) in [6, 6.07) is 5.62. The smallest absolute Gasteiger partial charge is 0.308 e. The summed E-state index contributed by atoms with van der Waals surface area (Å²) in [4.78, 5) is 27.2. The van der Waals surface area contributed by atoms with Crippen LogP contribution >= 0.6 is 0 Å². The van der Waals surface area contributed by atoms with E-state index in [1.54, 1.807) is 6.07 Å². The molecule has 2 rings (SSSR count). The highest BCUT2D eigenvalue weighted by atomic mass is 16.7. The number of benzene rings is 1. The van der Waals surface area contributed by atoms with Gasteiger partial charge in [0.25, 0.3) is 0 Å². The summed E-state index contributed by atoms with van der Waals surface area (Å²) in [5.41, 5.74) is 2.78. The molecule has 118 valence electrons. The van der Waals surface area contributed by atoms with Crippen molar-refractivity contribution in [2.24, 2.45) is 5.16 Å². The molecule has 1 heterocycles. The first-order valence-corrected chi connectivity index (χ1v) is 7.07. The maximum Gasteiger partial charge on any atom is 0.308 e. The minimum Gasteiger partial charge on any atom is -0.462 e. The second-order valence-electron chi connectivity index (χ2n) is 5.27. The Labute approximate surface area is 129 Å². The van der Waals surface area contributed by atoms with Gasteiger partial charge in [-0.1, -0.05) is 22.9 Å². The molecule has 0 spiro atoms. The summed E-state index contributed by atoms with van der Waals surface area (Å²) in [5, 5.41) is 4.03. The number of hydrogen-bond donors (Lipinski definition) is 0. The van der Waals surface area contributed by atoms with Gasteiger partial charge < -0.3 is 14.3 Å². The Morgan fingerprint density at radius 3 is 2.77 bits per heavy atom. The van der Waals surface area contributed by atoms with Crippen LogP contribution in [0.3, 0.4) is 0 Å². The maximum absolute atomic E-state index is 11.2. The lowest BCUT2D eigenvalue weighted by Crippen LogP contribution is -2.18. The SMILES string of the molecule is CC(=O)OCC1CC(Cc2cc(C)ccc2OC(C)=O)=NO1. The van der Waals surface area contributed by atoms with Crippen molar-refractivity contribution in [2.75, 3.05) is 6.61 Å².